The fraction of sp³-hybridized carbons (Fsp3) is 0.222. The van der Waals surface area contributed by atoms with Crippen molar-refractivity contribution < 1.29 is 18.4 Å². The second kappa shape index (κ2) is 7.19. The Bertz CT molecular complexity index is 791. The summed E-state index contributed by atoms with van der Waals surface area (Å²) in [5.41, 5.74) is 0.116. The van der Waals surface area contributed by atoms with E-state index in [1.54, 1.807) is 29.2 Å². The molecule has 1 atom stereocenters. The van der Waals surface area contributed by atoms with Crippen molar-refractivity contribution in [2.45, 2.75) is 6.42 Å². The third kappa shape index (κ3) is 3.79. The van der Waals surface area contributed by atoms with Gasteiger partial charge in [0.05, 0.1) is 0 Å². The summed E-state index contributed by atoms with van der Waals surface area (Å²) in [4.78, 5) is 25.8. The number of hydrogen-bond donors (Lipinski definition) is 1. The second-order valence-corrected chi connectivity index (χ2v) is 6.29. The highest BCUT2D eigenvalue weighted by atomic mass is 35.5. The third-order valence-corrected chi connectivity index (χ3v) is 4.34. The van der Waals surface area contributed by atoms with Crippen LogP contribution in [-0.2, 0) is 4.79 Å². The zero-order chi connectivity index (χ0) is 18.0. The number of anilines is 1. The molecule has 130 valence electrons. The lowest BCUT2D eigenvalue weighted by atomic mass is 10.1. The van der Waals surface area contributed by atoms with E-state index in [1.165, 1.54) is 6.07 Å². The molecule has 2 aromatic carbocycles. The van der Waals surface area contributed by atoms with Gasteiger partial charge in [0.2, 0.25) is 5.91 Å². The number of hydrogen-bond acceptors (Lipinski definition) is 2. The van der Waals surface area contributed by atoms with Crippen molar-refractivity contribution in [3.63, 3.8) is 0 Å². The van der Waals surface area contributed by atoms with Crippen molar-refractivity contribution in [1.29, 1.82) is 0 Å². The number of nitrogens with one attached hydrogen (secondary N) is 1. The van der Waals surface area contributed by atoms with Gasteiger partial charge in [-0.05, 0) is 36.4 Å². The highest BCUT2D eigenvalue weighted by Crippen LogP contribution is 2.26. The van der Waals surface area contributed by atoms with Crippen LogP contribution in [0, 0.1) is 17.6 Å². The largest absolute Gasteiger partial charge is 0.351 e. The Morgan fingerprint density at radius 1 is 1.16 bits per heavy atom. The van der Waals surface area contributed by atoms with Gasteiger partial charge in [0.25, 0.3) is 5.91 Å². The predicted octanol–water partition coefficient (Wildman–Crippen LogP) is 3.40. The van der Waals surface area contributed by atoms with Crippen molar-refractivity contribution in [2.75, 3.05) is 18.0 Å². The maximum atomic E-state index is 13.6. The van der Waals surface area contributed by atoms with E-state index in [9.17, 15) is 18.4 Å². The molecule has 1 N–H and O–H groups in total. The third-order valence-electron chi connectivity index (χ3n) is 4.08. The van der Waals surface area contributed by atoms with E-state index in [0.29, 0.717) is 11.6 Å². The minimum Gasteiger partial charge on any atom is -0.351 e. The molecule has 1 fully saturated rings. The van der Waals surface area contributed by atoms with Crippen molar-refractivity contribution >= 4 is 29.1 Å². The average Bonchev–Trinajstić information content (AvgIpc) is 2.94. The first kappa shape index (κ1) is 17.4. The molecule has 2 aromatic rings. The molecule has 1 saturated heterocycles. The standard InChI is InChI=1S/C18H15ClF2N2O2/c19-12-4-6-13(7-5-12)23-10-11(8-16(23)24)9-22-18(25)17-14(20)2-1-3-15(17)21/h1-7,11H,8-10H2,(H,22,25)/t11-/m0/s1. The molecular weight excluding hydrogens is 350 g/mol. The molecule has 0 spiro atoms. The Morgan fingerprint density at radius 3 is 2.44 bits per heavy atom. The van der Waals surface area contributed by atoms with E-state index in [0.717, 1.165) is 17.8 Å². The van der Waals surface area contributed by atoms with Crippen LogP contribution in [0.15, 0.2) is 42.5 Å². The van der Waals surface area contributed by atoms with Gasteiger partial charge in [-0.25, -0.2) is 8.78 Å². The number of amides is 2. The topological polar surface area (TPSA) is 49.4 Å². The zero-order valence-corrected chi connectivity index (χ0v) is 13.9. The van der Waals surface area contributed by atoms with Crippen LogP contribution in [-0.4, -0.2) is 24.9 Å². The molecule has 1 aliphatic rings. The summed E-state index contributed by atoms with van der Waals surface area (Å²) < 4.78 is 27.2. The Kier molecular flexibility index (Phi) is 4.99. The summed E-state index contributed by atoms with van der Waals surface area (Å²) in [6, 6.07) is 10.1. The van der Waals surface area contributed by atoms with Gasteiger partial charge in [-0.1, -0.05) is 17.7 Å². The summed E-state index contributed by atoms with van der Waals surface area (Å²) >= 11 is 5.84. The number of halogens is 3. The van der Waals surface area contributed by atoms with Crippen LogP contribution < -0.4 is 10.2 Å². The van der Waals surface area contributed by atoms with E-state index in [-0.39, 0.29) is 24.8 Å². The first-order chi connectivity index (χ1) is 12.0. The van der Waals surface area contributed by atoms with Crippen LogP contribution in [0.25, 0.3) is 0 Å². The molecule has 4 nitrogen and oxygen atoms in total. The Labute approximate surface area is 148 Å². The fourth-order valence-corrected chi connectivity index (χ4v) is 2.96. The van der Waals surface area contributed by atoms with E-state index >= 15 is 0 Å². The van der Waals surface area contributed by atoms with E-state index < -0.39 is 23.1 Å². The molecule has 7 heteroatoms. The van der Waals surface area contributed by atoms with Gasteiger partial charge in [-0.3, -0.25) is 9.59 Å². The molecule has 1 heterocycles. The summed E-state index contributed by atoms with van der Waals surface area (Å²) in [5, 5.41) is 3.08. The highest BCUT2D eigenvalue weighted by molar-refractivity contribution is 6.30. The Balaban J connectivity index is 1.62. The van der Waals surface area contributed by atoms with Crippen molar-refractivity contribution in [2.24, 2.45) is 5.92 Å². The summed E-state index contributed by atoms with van der Waals surface area (Å²) in [5.74, 6) is -2.86. The van der Waals surface area contributed by atoms with E-state index in [4.69, 9.17) is 11.6 Å². The fourth-order valence-electron chi connectivity index (χ4n) is 2.83. The van der Waals surface area contributed by atoms with Crippen molar-refractivity contribution in [3.8, 4) is 0 Å². The molecule has 2 amide bonds. The van der Waals surface area contributed by atoms with Gasteiger partial charge < -0.3 is 10.2 Å². The molecule has 1 aliphatic heterocycles. The molecule has 0 aromatic heterocycles. The zero-order valence-electron chi connectivity index (χ0n) is 13.1. The summed E-state index contributed by atoms with van der Waals surface area (Å²) in [6.07, 6.45) is 0.253. The minimum atomic E-state index is -0.914. The monoisotopic (exact) mass is 364 g/mol. The van der Waals surface area contributed by atoms with Crippen LogP contribution in [0.3, 0.4) is 0 Å². The highest BCUT2D eigenvalue weighted by Gasteiger charge is 2.31. The average molecular weight is 365 g/mol. The van der Waals surface area contributed by atoms with Crippen LogP contribution >= 0.6 is 11.6 Å². The molecule has 0 saturated carbocycles. The molecule has 0 unspecified atom stereocenters. The lowest BCUT2D eigenvalue weighted by molar-refractivity contribution is -0.117. The molecule has 3 rings (SSSR count). The molecule has 0 bridgehead atoms. The number of benzene rings is 2. The van der Waals surface area contributed by atoms with Gasteiger partial charge in [0, 0.05) is 36.1 Å². The molecule has 25 heavy (non-hydrogen) atoms. The van der Waals surface area contributed by atoms with Crippen molar-refractivity contribution in [1.82, 2.24) is 5.32 Å². The number of carbonyl (C=O) groups excluding carboxylic acids is 2. The Hall–Kier alpha value is -2.47. The van der Waals surface area contributed by atoms with Gasteiger partial charge >= 0.3 is 0 Å². The van der Waals surface area contributed by atoms with E-state index in [1.807, 2.05) is 0 Å². The quantitative estimate of drug-likeness (QED) is 0.904. The molecule has 0 aliphatic carbocycles. The van der Waals surface area contributed by atoms with Crippen LogP contribution in [0.1, 0.15) is 16.8 Å². The molecular formula is C18H15ClF2N2O2. The van der Waals surface area contributed by atoms with Crippen LogP contribution in [0.5, 0.6) is 0 Å². The minimum absolute atomic E-state index is 0.0707. The summed E-state index contributed by atoms with van der Waals surface area (Å²) in [6.45, 7) is 0.572. The van der Waals surface area contributed by atoms with Crippen LogP contribution in [0.4, 0.5) is 14.5 Å². The van der Waals surface area contributed by atoms with Gasteiger partial charge in [0.1, 0.15) is 17.2 Å². The van der Waals surface area contributed by atoms with E-state index in [2.05, 4.69) is 5.32 Å². The normalized spacial score (nSPS) is 17.0. The smallest absolute Gasteiger partial charge is 0.257 e. The maximum absolute atomic E-state index is 13.6. The predicted molar refractivity (Wildman–Crippen MR) is 90.6 cm³/mol. The van der Waals surface area contributed by atoms with Gasteiger partial charge in [0.15, 0.2) is 0 Å². The number of nitrogens with zero attached hydrogens (tertiary/aromatic N) is 1. The maximum Gasteiger partial charge on any atom is 0.257 e. The molecule has 0 radical (unpaired) electrons. The number of rotatable bonds is 4. The SMILES string of the molecule is O=C(NC[C@@H]1CC(=O)N(c2ccc(Cl)cc2)C1)c1c(F)cccc1F. The summed E-state index contributed by atoms with van der Waals surface area (Å²) in [7, 11) is 0. The number of carbonyl (C=O) groups is 2. The van der Waals surface area contributed by atoms with Gasteiger partial charge in [-0.15, -0.1) is 0 Å². The first-order valence-electron chi connectivity index (χ1n) is 7.74. The second-order valence-electron chi connectivity index (χ2n) is 5.86. The Morgan fingerprint density at radius 2 is 1.80 bits per heavy atom. The lowest BCUT2D eigenvalue weighted by Crippen LogP contribution is -2.32. The van der Waals surface area contributed by atoms with Crippen LogP contribution in [0.2, 0.25) is 5.02 Å². The van der Waals surface area contributed by atoms with Gasteiger partial charge in [-0.2, -0.15) is 0 Å². The lowest BCUT2D eigenvalue weighted by Gasteiger charge is -2.17. The van der Waals surface area contributed by atoms with Crippen molar-refractivity contribution in [3.05, 3.63) is 64.7 Å². The first-order valence-corrected chi connectivity index (χ1v) is 8.11.